The normalized spacial score (nSPS) is 14.1. The van der Waals surface area contributed by atoms with Gasteiger partial charge in [0.05, 0.1) is 5.69 Å². The lowest BCUT2D eigenvalue weighted by atomic mass is 10.1. The molecule has 0 aliphatic carbocycles. The number of sulfone groups is 1. The van der Waals surface area contributed by atoms with Crippen molar-refractivity contribution in [1.82, 2.24) is 9.78 Å². The maximum absolute atomic E-state index is 11.4. The van der Waals surface area contributed by atoms with Crippen LogP contribution in [0.1, 0.15) is 30.4 Å². The molecule has 5 nitrogen and oxygen atoms in total. The Hall–Kier alpha value is -1.04. The summed E-state index contributed by atoms with van der Waals surface area (Å²) in [6.45, 7) is 3.57. The highest BCUT2D eigenvalue weighted by molar-refractivity contribution is 7.90. The number of hydrogen-bond acceptors (Lipinski definition) is 4. The van der Waals surface area contributed by atoms with Crippen LogP contribution >= 0.6 is 0 Å². The molecule has 0 aliphatic rings. The fraction of sp³-hybridized carbons (Fsp3) is 0.667. The Labute approximate surface area is 90.2 Å². The van der Waals surface area contributed by atoms with Crippen molar-refractivity contribution in [3.8, 4) is 0 Å². The van der Waals surface area contributed by atoms with Crippen LogP contribution in [0, 0.1) is 0 Å². The van der Waals surface area contributed by atoms with E-state index in [9.17, 15) is 8.42 Å². The predicted molar refractivity (Wildman–Crippen MR) is 60.3 cm³/mol. The van der Waals surface area contributed by atoms with Gasteiger partial charge in [-0.25, -0.2) is 8.42 Å². The number of hydrogen-bond donors (Lipinski definition) is 1. The summed E-state index contributed by atoms with van der Waals surface area (Å²) in [5.41, 5.74) is 7.20. The van der Waals surface area contributed by atoms with Crippen molar-refractivity contribution < 1.29 is 8.42 Å². The minimum absolute atomic E-state index is 0.544. The van der Waals surface area contributed by atoms with E-state index in [1.165, 1.54) is 10.9 Å². The van der Waals surface area contributed by atoms with Gasteiger partial charge in [-0.2, -0.15) is 5.10 Å². The van der Waals surface area contributed by atoms with Crippen molar-refractivity contribution in [2.24, 2.45) is 7.05 Å². The van der Waals surface area contributed by atoms with E-state index < -0.39 is 15.1 Å². The monoisotopic (exact) mass is 231 g/mol. The Bertz CT molecular complexity index is 462. The molecule has 1 unspecified atom stereocenters. The average Bonchev–Trinajstić information content (AvgIpc) is 2.40. The van der Waals surface area contributed by atoms with Crippen molar-refractivity contribution in [2.75, 3.05) is 12.0 Å². The molecule has 0 fully saturated rings. The van der Waals surface area contributed by atoms with Crippen molar-refractivity contribution in [2.45, 2.75) is 25.5 Å². The summed E-state index contributed by atoms with van der Waals surface area (Å²) in [5, 5.41) is 3.56. The van der Waals surface area contributed by atoms with Crippen LogP contribution in [0.25, 0.3) is 0 Å². The topological polar surface area (TPSA) is 78.0 Å². The van der Waals surface area contributed by atoms with Gasteiger partial charge >= 0.3 is 0 Å². The zero-order chi connectivity index (χ0) is 11.8. The van der Waals surface area contributed by atoms with Gasteiger partial charge in [0.25, 0.3) is 0 Å². The zero-order valence-corrected chi connectivity index (χ0v) is 10.3. The van der Waals surface area contributed by atoms with E-state index in [1.807, 2.05) is 6.92 Å². The quantitative estimate of drug-likeness (QED) is 0.829. The molecule has 1 aromatic heterocycles. The molecule has 0 saturated heterocycles. The van der Waals surface area contributed by atoms with Gasteiger partial charge in [0.15, 0.2) is 9.84 Å². The number of nitrogen functional groups attached to an aromatic ring is 1. The maximum atomic E-state index is 11.4. The minimum atomic E-state index is -3.12. The highest BCUT2D eigenvalue weighted by Gasteiger charge is 2.24. The summed E-state index contributed by atoms with van der Waals surface area (Å²) in [6.07, 6.45) is 1.90. The Kier molecular flexibility index (Phi) is 3.08. The second kappa shape index (κ2) is 3.84. The number of aryl methyl sites for hydroxylation is 1. The van der Waals surface area contributed by atoms with E-state index in [0.29, 0.717) is 17.9 Å². The predicted octanol–water partition coefficient (Wildman–Crippen LogP) is 0.670. The molecule has 2 N–H and O–H groups in total. The lowest BCUT2D eigenvalue weighted by molar-refractivity contribution is 0.589. The molecule has 0 radical (unpaired) electrons. The van der Waals surface area contributed by atoms with E-state index in [0.717, 1.165) is 5.56 Å². The van der Waals surface area contributed by atoms with Gasteiger partial charge < -0.3 is 5.73 Å². The summed E-state index contributed by atoms with van der Waals surface area (Å²) < 4.78 is 24.4. The summed E-state index contributed by atoms with van der Waals surface area (Å²) in [4.78, 5) is 0. The lowest BCUT2D eigenvalue weighted by Crippen LogP contribution is -2.10. The van der Waals surface area contributed by atoms with Crippen LogP contribution in [-0.2, 0) is 23.3 Å². The fourth-order valence-corrected chi connectivity index (χ4v) is 2.09. The highest BCUT2D eigenvalue weighted by atomic mass is 32.2. The first kappa shape index (κ1) is 12.0. The molecule has 15 heavy (non-hydrogen) atoms. The van der Waals surface area contributed by atoms with Crippen molar-refractivity contribution in [1.29, 1.82) is 0 Å². The average molecular weight is 231 g/mol. The van der Waals surface area contributed by atoms with E-state index >= 15 is 0 Å². The van der Waals surface area contributed by atoms with Crippen LogP contribution in [0.4, 0.5) is 5.82 Å². The lowest BCUT2D eigenvalue weighted by Gasteiger charge is -2.07. The third-order valence-corrected chi connectivity index (χ3v) is 4.11. The van der Waals surface area contributed by atoms with Gasteiger partial charge in [-0.15, -0.1) is 0 Å². The molecule has 0 saturated carbocycles. The maximum Gasteiger partial charge on any atom is 0.155 e. The molecule has 1 rings (SSSR count). The number of nitrogens with two attached hydrogens (primary N) is 1. The minimum Gasteiger partial charge on any atom is -0.384 e. The second-order valence-corrected chi connectivity index (χ2v) is 6.06. The van der Waals surface area contributed by atoms with E-state index in [4.69, 9.17) is 5.73 Å². The SMILES string of the molecule is CCc1c(C(C)S(C)(=O)=O)nn(C)c1N. The van der Waals surface area contributed by atoms with Crippen LogP contribution in [-0.4, -0.2) is 24.5 Å². The standard InChI is InChI=1S/C9H17N3O2S/c1-5-7-8(6(2)15(4,13)14)11-12(3)9(7)10/h6H,5,10H2,1-4H3. The smallest absolute Gasteiger partial charge is 0.155 e. The first-order chi connectivity index (χ1) is 6.79. The summed E-state index contributed by atoms with van der Waals surface area (Å²) in [5.74, 6) is 0.544. The molecule has 0 spiro atoms. The molecule has 0 aromatic carbocycles. The van der Waals surface area contributed by atoms with Gasteiger partial charge in [-0.3, -0.25) is 4.68 Å². The van der Waals surface area contributed by atoms with Crippen LogP contribution in [0.2, 0.25) is 0 Å². The molecule has 6 heteroatoms. The summed E-state index contributed by atoms with van der Waals surface area (Å²) in [7, 11) is -1.41. The highest BCUT2D eigenvalue weighted by Crippen LogP contribution is 2.27. The number of rotatable bonds is 3. The molecule has 1 atom stereocenters. The molecule has 1 aromatic rings. The molecule has 1 heterocycles. The summed E-state index contributed by atoms with van der Waals surface area (Å²) in [6, 6.07) is 0. The van der Waals surface area contributed by atoms with Gasteiger partial charge in [-0.1, -0.05) is 6.92 Å². The van der Waals surface area contributed by atoms with Gasteiger partial charge in [0.2, 0.25) is 0 Å². The van der Waals surface area contributed by atoms with Gasteiger partial charge in [0.1, 0.15) is 11.1 Å². The van der Waals surface area contributed by atoms with E-state index in [1.54, 1.807) is 14.0 Å². The van der Waals surface area contributed by atoms with Crippen LogP contribution in [0.15, 0.2) is 0 Å². The van der Waals surface area contributed by atoms with Crippen LogP contribution < -0.4 is 5.73 Å². The largest absolute Gasteiger partial charge is 0.384 e. The van der Waals surface area contributed by atoms with Crippen molar-refractivity contribution in [3.05, 3.63) is 11.3 Å². The molecule has 86 valence electrons. The number of anilines is 1. The number of aromatic nitrogens is 2. The summed E-state index contributed by atoms with van der Waals surface area (Å²) >= 11 is 0. The molecule has 0 bridgehead atoms. The van der Waals surface area contributed by atoms with Crippen LogP contribution in [0.5, 0.6) is 0 Å². The van der Waals surface area contributed by atoms with Gasteiger partial charge in [0, 0.05) is 18.9 Å². The van der Waals surface area contributed by atoms with Crippen LogP contribution in [0.3, 0.4) is 0 Å². The Morgan fingerprint density at radius 1 is 1.53 bits per heavy atom. The van der Waals surface area contributed by atoms with Crippen molar-refractivity contribution >= 4 is 15.7 Å². The number of nitrogens with zero attached hydrogens (tertiary/aromatic N) is 2. The second-order valence-electron chi connectivity index (χ2n) is 3.70. The molecular weight excluding hydrogens is 214 g/mol. The molecule has 0 amide bonds. The fourth-order valence-electron chi connectivity index (χ4n) is 1.49. The third-order valence-electron chi connectivity index (χ3n) is 2.61. The Morgan fingerprint density at radius 3 is 2.47 bits per heavy atom. The van der Waals surface area contributed by atoms with E-state index in [-0.39, 0.29) is 0 Å². The Balaban J connectivity index is 3.32. The third kappa shape index (κ3) is 2.14. The molecular formula is C9H17N3O2S. The first-order valence-electron chi connectivity index (χ1n) is 4.79. The van der Waals surface area contributed by atoms with E-state index in [2.05, 4.69) is 5.10 Å². The van der Waals surface area contributed by atoms with Gasteiger partial charge in [-0.05, 0) is 13.3 Å². The Morgan fingerprint density at radius 2 is 2.07 bits per heavy atom. The molecule has 0 aliphatic heterocycles. The zero-order valence-electron chi connectivity index (χ0n) is 9.48. The first-order valence-corrected chi connectivity index (χ1v) is 6.74. The van der Waals surface area contributed by atoms with Crippen molar-refractivity contribution in [3.63, 3.8) is 0 Å².